The maximum absolute atomic E-state index is 13.2. The van der Waals surface area contributed by atoms with Gasteiger partial charge in [-0.15, -0.1) is 0 Å². The summed E-state index contributed by atoms with van der Waals surface area (Å²) in [4.78, 5) is 31.9. The molecule has 2 aromatic carbocycles. The Hall–Kier alpha value is -2.56. The Balaban J connectivity index is 1.52. The first-order chi connectivity index (χ1) is 16.3. The molecule has 2 aliphatic rings. The summed E-state index contributed by atoms with van der Waals surface area (Å²) in [5, 5.41) is 11.0. The average Bonchev–Trinajstić information content (AvgIpc) is 3.59. The van der Waals surface area contributed by atoms with Crippen molar-refractivity contribution in [1.82, 2.24) is 4.98 Å². The van der Waals surface area contributed by atoms with Crippen molar-refractivity contribution in [3.8, 4) is 17.2 Å². The van der Waals surface area contributed by atoms with Crippen molar-refractivity contribution in [1.29, 1.82) is 5.26 Å². The number of aromatic nitrogens is 1. The minimum Gasteiger partial charge on any atom is -0.274 e. The molecule has 1 aliphatic heterocycles. The van der Waals surface area contributed by atoms with Crippen LogP contribution in [0.15, 0.2) is 53.6 Å². The number of anilines is 1. The number of hydrogen-bond acceptors (Lipinski definition) is 5. The van der Waals surface area contributed by atoms with Gasteiger partial charge in [-0.25, -0.2) is 9.88 Å². The number of amides is 2. The third-order valence-electron chi connectivity index (χ3n) is 5.73. The van der Waals surface area contributed by atoms with Crippen molar-refractivity contribution in [2.45, 2.75) is 35.5 Å². The first-order valence-corrected chi connectivity index (χ1v) is 12.6. The minimum absolute atomic E-state index is 0.00981. The van der Waals surface area contributed by atoms with E-state index in [1.807, 2.05) is 18.2 Å². The van der Waals surface area contributed by atoms with E-state index in [0.717, 1.165) is 46.3 Å². The van der Waals surface area contributed by atoms with Crippen LogP contribution in [0.3, 0.4) is 0 Å². The van der Waals surface area contributed by atoms with Crippen LogP contribution in [-0.4, -0.2) is 22.0 Å². The van der Waals surface area contributed by atoms with Gasteiger partial charge in [0.05, 0.1) is 16.5 Å². The number of nitrogens with zero attached hydrogens (tertiary/aromatic N) is 3. The van der Waals surface area contributed by atoms with Crippen molar-refractivity contribution >= 4 is 64.1 Å². The molecule has 5 nitrogen and oxygen atoms in total. The molecule has 1 aliphatic carbocycles. The number of imide groups is 1. The lowest BCUT2D eigenvalue weighted by Crippen LogP contribution is -2.31. The lowest BCUT2D eigenvalue weighted by molar-refractivity contribution is -0.121. The molecule has 2 fully saturated rings. The molecule has 2 heterocycles. The van der Waals surface area contributed by atoms with E-state index < -0.39 is 5.25 Å². The van der Waals surface area contributed by atoms with Crippen LogP contribution in [0.25, 0.3) is 11.1 Å². The van der Waals surface area contributed by atoms with E-state index in [0.29, 0.717) is 37.3 Å². The number of pyridine rings is 1. The average molecular weight is 529 g/mol. The fourth-order valence-electron chi connectivity index (χ4n) is 3.95. The zero-order valence-corrected chi connectivity index (χ0v) is 20.7. The SMILES string of the molecule is N#Cc1c(-c2ccc(Cl)cc2)cc(C2CC2)nc1SC1CC(=O)N(c2cc(Cl)cc(Cl)c2)C1=O. The van der Waals surface area contributed by atoms with Crippen LogP contribution in [0.4, 0.5) is 5.69 Å². The van der Waals surface area contributed by atoms with Crippen molar-refractivity contribution in [3.63, 3.8) is 0 Å². The van der Waals surface area contributed by atoms with Crippen molar-refractivity contribution in [2.75, 3.05) is 4.90 Å². The summed E-state index contributed by atoms with van der Waals surface area (Å²) < 4.78 is 0. The molecule has 0 spiro atoms. The Labute approximate surface area is 215 Å². The number of halogens is 3. The third-order valence-corrected chi connectivity index (χ3v) is 7.59. The fourth-order valence-corrected chi connectivity index (χ4v) is 5.72. The standard InChI is InChI=1S/C25H16Cl3N3O2S/c26-15-5-3-13(4-6-15)19-10-21(14-1-2-14)30-24(20(19)12-29)34-22-11-23(32)31(25(22)33)18-8-16(27)7-17(28)9-18/h3-10,14,22H,1-2,11H2. The summed E-state index contributed by atoms with van der Waals surface area (Å²) in [5.74, 6) is -0.399. The maximum Gasteiger partial charge on any atom is 0.247 e. The van der Waals surface area contributed by atoms with Crippen molar-refractivity contribution in [3.05, 3.63) is 74.9 Å². The molecule has 1 unspecified atom stereocenters. The molecule has 0 N–H and O–H groups in total. The van der Waals surface area contributed by atoms with E-state index >= 15 is 0 Å². The summed E-state index contributed by atoms with van der Waals surface area (Å²) in [6.45, 7) is 0. The van der Waals surface area contributed by atoms with Crippen molar-refractivity contribution in [2.24, 2.45) is 0 Å². The monoisotopic (exact) mass is 527 g/mol. The molecule has 2 amide bonds. The predicted molar refractivity (Wildman–Crippen MR) is 135 cm³/mol. The number of carbonyl (C=O) groups is 2. The molecule has 1 aromatic heterocycles. The molecule has 170 valence electrons. The summed E-state index contributed by atoms with van der Waals surface area (Å²) >= 11 is 19.4. The van der Waals surface area contributed by atoms with E-state index in [9.17, 15) is 14.9 Å². The summed E-state index contributed by atoms with van der Waals surface area (Å²) in [6, 6.07) is 16.1. The Kier molecular flexibility index (Phi) is 6.30. The minimum atomic E-state index is -0.711. The van der Waals surface area contributed by atoms with Crippen LogP contribution < -0.4 is 4.90 Å². The Morgan fingerprint density at radius 3 is 2.26 bits per heavy atom. The van der Waals surface area contributed by atoms with E-state index in [4.69, 9.17) is 39.8 Å². The second-order valence-corrected chi connectivity index (χ2v) is 10.7. The van der Waals surface area contributed by atoms with Gasteiger partial charge < -0.3 is 0 Å². The van der Waals surface area contributed by atoms with Gasteiger partial charge in [-0.3, -0.25) is 9.59 Å². The summed E-state index contributed by atoms with van der Waals surface area (Å²) in [5.41, 5.74) is 3.19. The second-order valence-electron chi connectivity index (χ2n) is 8.17. The van der Waals surface area contributed by atoms with Crippen LogP contribution in [-0.2, 0) is 9.59 Å². The lowest BCUT2D eigenvalue weighted by atomic mass is 10.0. The highest BCUT2D eigenvalue weighted by molar-refractivity contribution is 8.00. The Morgan fingerprint density at radius 1 is 0.971 bits per heavy atom. The molecule has 1 atom stereocenters. The molecule has 0 bridgehead atoms. The largest absolute Gasteiger partial charge is 0.274 e. The Bertz CT molecular complexity index is 1350. The highest BCUT2D eigenvalue weighted by atomic mass is 35.5. The van der Waals surface area contributed by atoms with Gasteiger partial charge in [-0.2, -0.15) is 5.26 Å². The zero-order chi connectivity index (χ0) is 24.0. The molecular weight excluding hydrogens is 513 g/mol. The molecule has 3 aromatic rings. The number of nitriles is 1. The summed E-state index contributed by atoms with van der Waals surface area (Å²) in [7, 11) is 0. The fraction of sp³-hybridized carbons (Fsp3) is 0.200. The number of rotatable bonds is 5. The normalized spacial score (nSPS) is 17.8. The molecule has 34 heavy (non-hydrogen) atoms. The maximum atomic E-state index is 13.2. The topological polar surface area (TPSA) is 74.1 Å². The van der Waals surface area contributed by atoms with Crippen LogP contribution in [0.5, 0.6) is 0 Å². The number of carbonyl (C=O) groups excluding carboxylic acids is 2. The highest BCUT2D eigenvalue weighted by Crippen LogP contribution is 2.44. The van der Waals surface area contributed by atoms with Crippen LogP contribution in [0.2, 0.25) is 15.1 Å². The lowest BCUT2D eigenvalue weighted by Gasteiger charge is -2.16. The van der Waals surface area contributed by atoms with Gasteiger partial charge in [0.25, 0.3) is 0 Å². The quantitative estimate of drug-likeness (QED) is 0.337. The van der Waals surface area contributed by atoms with E-state index in [1.165, 1.54) is 18.2 Å². The van der Waals surface area contributed by atoms with Gasteiger partial charge in [0, 0.05) is 38.7 Å². The van der Waals surface area contributed by atoms with Crippen LogP contribution in [0.1, 0.15) is 36.4 Å². The molecular formula is C25H16Cl3N3O2S. The van der Waals surface area contributed by atoms with Crippen LogP contribution >= 0.6 is 46.6 Å². The van der Waals surface area contributed by atoms with E-state index in [1.54, 1.807) is 12.1 Å². The van der Waals surface area contributed by atoms with Gasteiger partial charge in [-0.1, -0.05) is 58.7 Å². The van der Waals surface area contributed by atoms with Gasteiger partial charge in [0.15, 0.2) is 0 Å². The number of hydrogen-bond donors (Lipinski definition) is 0. The first-order valence-electron chi connectivity index (χ1n) is 10.5. The summed E-state index contributed by atoms with van der Waals surface area (Å²) in [6.07, 6.45) is 2.06. The first kappa shape index (κ1) is 23.2. The second kappa shape index (κ2) is 9.24. The van der Waals surface area contributed by atoms with Gasteiger partial charge in [0.2, 0.25) is 11.8 Å². The zero-order valence-electron chi connectivity index (χ0n) is 17.6. The molecule has 5 rings (SSSR count). The van der Waals surface area contributed by atoms with Gasteiger partial charge >= 0.3 is 0 Å². The van der Waals surface area contributed by atoms with Crippen LogP contribution in [0, 0.1) is 11.3 Å². The predicted octanol–water partition coefficient (Wildman–Crippen LogP) is 6.88. The molecule has 0 radical (unpaired) electrons. The molecule has 1 saturated heterocycles. The smallest absolute Gasteiger partial charge is 0.247 e. The Morgan fingerprint density at radius 2 is 1.65 bits per heavy atom. The third kappa shape index (κ3) is 4.54. The number of thioether (sulfide) groups is 1. The molecule has 9 heteroatoms. The van der Waals surface area contributed by atoms with Crippen molar-refractivity contribution < 1.29 is 9.59 Å². The highest BCUT2D eigenvalue weighted by Gasteiger charge is 2.41. The van der Waals surface area contributed by atoms with E-state index in [2.05, 4.69) is 6.07 Å². The van der Waals surface area contributed by atoms with Gasteiger partial charge in [0.1, 0.15) is 11.1 Å². The van der Waals surface area contributed by atoms with E-state index in [-0.39, 0.29) is 18.2 Å². The molecule has 1 saturated carbocycles. The van der Waals surface area contributed by atoms with Gasteiger partial charge in [-0.05, 0) is 54.8 Å². The number of benzene rings is 2.